The van der Waals surface area contributed by atoms with Crippen LogP contribution in [0.3, 0.4) is 0 Å². The number of hydrogen-bond acceptors (Lipinski definition) is 2. The fraction of sp³-hybridized carbons (Fsp3) is 0.133. The number of halogens is 3. The third-order valence-electron chi connectivity index (χ3n) is 2.65. The van der Waals surface area contributed by atoms with Crippen molar-refractivity contribution >= 4 is 46.6 Å². The predicted molar refractivity (Wildman–Crippen MR) is 87.7 cm³/mol. The summed E-state index contributed by atoms with van der Waals surface area (Å²) >= 11 is 13.1. The molecular formula is C15H12Cl2FNOS. The number of amides is 1. The highest BCUT2D eigenvalue weighted by Crippen LogP contribution is 2.22. The summed E-state index contributed by atoms with van der Waals surface area (Å²) in [5.41, 5.74) is 1.09. The molecule has 2 aromatic rings. The Bertz CT molecular complexity index is 651. The minimum absolute atomic E-state index is 0.128. The van der Waals surface area contributed by atoms with Crippen molar-refractivity contribution in [1.29, 1.82) is 0 Å². The lowest BCUT2D eigenvalue weighted by atomic mass is 10.2. The summed E-state index contributed by atoms with van der Waals surface area (Å²) in [6.07, 6.45) is 0. The average Bonchev–Trinajstić information content (AvgIpc) is 2.44. The molecule has 0 atom stereocenters. The van der Waals surface area contributed by atoms with E-state index < -0.39 is 5.82 Å². The van der Waals surface area contributed by atoms with E-state index in [9.17, 15) is 9.18 Å². The van der Waals surface area contributed by atoms with Gasteiger partial charge >= 0.3 is 0 Å². The van der Waals surface area contributed by atoms with Crippen LogP contribution in [0.4, 0.5) is 10.1 Å². The molecule has 0 saturated carbocycles. The van der Waals surface area contributed by atoms with Crippen LogP contribution in [0, 0.1) is 5.82 Å². The number of anilines is 1. The molecule has 0 unspecified atom stereocenters. The Hall–Kier alpha value is -1.23. The third-order valence-corrected chi connectivity index (χ3v) is 4.24. The fourth-order valence-corrected chi connectivity index (χ4v) is 2.92. The van der Waals surface area contributed by atoms with Gasteiger partial charge in [-0.1, -0.05) is 41.4 Å². The van der Waals surface area contributed by atoms with Crippen molar-refractivity contribution in [2.24, 2.45) is 0 Å². The smallest absolute Gasteiger partial charge is 0.234 e. The van der Waals surface area contributed by atoms with E-state index in [2.05, 4.69) is 5.32 Å². The second-order valence-electron chi connectivity index (χ2n) is 4.26. The Morgan fingerprint density at radius 2 is 1.95 bits per heavy atom. The molecule has 0 aliphatic rings. The van der Waals surface area contributed by atoms with E-state index in [1.807, 2.05) is 18.2 Å². The minimum atomic E-state index is -0.549. The molecule has 0 aliphatic heterocycles. The highest BCUT2D eigenvalue weighted by atomic mass is 35.5. The van der Waals surface area contributed by atoms with Crippen LogP contribution >= 0.6 is 35.0 Å². The van der Waals surface area contributed by atoms with Crippen LogP contribution < -0.4 is 5.32 Å². The summed E-state index contributed by atoms with van der Waals surface area (Å²) in [5.74, 6) is 0.0176. The molecule has 2 nitrogen and oxygen atoms in total. The summed E-state index contributed by atoms with van der Waals surface area (Å²) < 4.78 is 13.5. The van der Waals surface area contributed by atoms with Crippen molar-refractivity contribution in [3.63, 3.8) is 0 Å². The topological polar surface area (TPSA) is 29.1 Å². The molecule has 110 valence electrons. The first kappa shape index (κ1) is 16.1. The Labute approximate surface area is 136 Å². The van der Waals surface area contributed by atoms with Gasteiger partial charge in [-0.15, -0.1) is 11.8 Å². The average molecular weight is 344 g/mol. The normalized spacial score (nSPS) is 10.4. The molecule has 0 aromatic heterocycles. The second kappa shape index (κ2) is 7.69. The van der Waals surface area contributed by atoms with E-state index in [4.69, 9.17) is 23.2 Å². The minimum Gasteiger partial charge on any atom is -0.323 e. The molecule has 6 heteroatoms. The van der Waals surface area contributed by atoms with Crippen molar-refractivity contribution in [3.05, 3.63) is 63.9 Å². The Morgan fingerprint density at radius 1 is 1.19 bits per heavy atom. The summed E-state index contributed by atoms with van der Waals surface area (Å²) in [7, 11) is 0. The molecule has 0 saturated heterocycles. The number of rotatable bonds is 5. The van der Waals surface area contributed by atoms with Gasteiger partial charge < -0.3 is 5.32 Å². The highest BCUT2D eigenvalue weighted by molar-refractivity contribution is 7.99. The van der Waals surface area contributed by atoms with Gasteiger partial charge in [-0.3, -0.25) is 4.79 Å². The Kier molecular flexibility index (Phi) is 5.91. The van der Waals surface area contributed by atoms with Gasteiger partial charge in [0.15, 0.2) is 0 Å². The van der Waals surface area contributed by atoms with Crippen LogP contribution in [0.1, 0.15) is 5.56 Å². The van der Waals surface area contributed by atoms with Gasteiger partial charge in [-0.25, -0.2) is 4.39 Å². The van der Waals surface area contributed by atoms with Crippen LogP contribution in [0.25, 0.3) is 0 Å². The van der Waals surface area contributed by atoms with Crippen LogP contribution in [0.15, 0.2) is 42.5 Å². The van der Waals surface area contributed by atoms with E-state index in [0.717, 1.165) is 11.6 Å². The van der Waals surface area contributed by atoms with E-state index in [1.165, 1.54) is 23.9 Å². The van der Waals surface area contributed by atoms with Gasteiger partial charge in [-0.2, -0.15) is 0 Å². The van der Waals surface area contributed by atoms with E-state index >= 15 is 0 Å². The third kappa shape index (κ3) is 4.92. The predicted octanol–water partition coefficient (Wildman–Crippen LogP) is 5.00. The summed E-state index contributed by atoms with van der Waals surface area (Å²) in [4.78, 5) is 11.8. The largest absolute Gasteiger partial charge is 0.323 e. The van der Waals surface area contributed by atoms with Crippen LogP contribution in [0.2, 0.25) is 10.0 Å². The van der Waals surface area contributed by atoms with Crippen molar-refractivity contribution in [2.75, 3.05) is 11.1 Å². The van der Waals surface area contributed by atoms with Crippen molar-refractivity contribution in [2.45, 2.75) is 5.75 Å². The molecule has 2 rings (SSSR count). The molecule has 0 heterocycles. The maximum absolute atomic E-state index is 13.5. The number of carbonyl (C=O) groups is 1. The lowest BCUT2D eigenvalue weighted by Gasteiger charge is -2.07. The lowest BCUT2D eigenvalue weighted by molar-refractivity contribution is -0.113. The van der Waals surface area contributed by atoms with Crippen LogP contribution in [0.5, 0.6) is 0 Å². The quantitative estimate of drug-likeness (QED) is 0.827. The fourth-order valence-electron chi connectivity index (χ4n) is 1.65. The first-order valence-electron chi connectivity index (χ1n) is 6.12. The number of carbonyl (C=O) groups excluding carboxylic acids is 1. The monoisotopic (exact) mass is 343 g/mol. The van der Waals surface area contributed by atoms with Crippen molar-refractivity contribution in [3.8, 4) is 0 Å². The molecule has 0 spiro atoms. The zero-order chi connectivity index (χ0) is 15.2. The van der Waals surface area contributed by atoms with Gasteiger partial charge in [0.05, 0.1) is 11.4 Å². The molecule has 0 radical (unpaired) electrons. The molecule has 0 aliphatic carbocycles. The molecule has 21 heavy (non-hydrogen) atoms. The highest BCUT2D eigenvalue weighted by Gasteiger charge is 2.08. The van der Waals surface area contributed by atoms with Crippen LogP contribution in [-0.4, -0.2) is 11.7 Å². The summed E-state index contributed by atoms with van der Waals surface area (Å²) in [5, 5.41) is 3.48. The van der Waals surface area contributed by atoms with E-state index in [-0.39, 0.29) is 17.3 Å². The zero-order valence-corrected chi connectivity index (χ0v) is 13.2. The number of benzene rings is 2. The molecule has 0 bridgehead atoms. The maximum Gasteiger partial charge on any atom is 0.234 e. The standard InChI is InChI=1S/C15H12Cl2FNOS/c16-11-5-6-14(13(18)7-11)19-15(20)9-21-8-10-3-1-2-4-12(10)17/h1-7H,8-9H2,(H,19,20). The van der Waals surface area contributed by atoms with Crippen molar-refractivity contribution in [1.82, 2.24) is 0 Å². The van der Waals surface area contributed by atoms with Gasteiger partial charge in [0, 0.05) is 15.8 Å². The zero-order valence-electron chi connectivity index (χ0n) is 10.9. The first-order valence-corrected chi connectivity index (χ1v) is 8.03. The number of thioether (sulfide) groups is 1. The molecular weight excluding hydrogens is 332 g/mol. The van der Waals surface area contributed by atoms with E-state index in [1.54, 1.807) is 6.07 Å². The number of nitrogens with one attached hydrogen (secondary N) is 1. The molecule has 2 aromatic carbocycles. The molecule has 1 N–H and O–H groups in total. The Balaban J connectivity index is 1.84. The molecule has 0 fully saturated rings. The van der Waals surface area contributed by atoms with E-state index in [0.29, 0.717) is 15.8 Å². The second-order valence-corrected chi connectivity index (χ2v) is 6.09. The van der Waals surface area contributed by atoms with Gasteiger partial charge in [0.25, 0.3) is 0 Å². The van der Waals surface area contributed by atoms with Crippen LogP contribution in [-0.2, 0) is 10.5 Å². The SMILES string of the molecule is O=C(CSCc1ccccc1Cl)Nc1ccc(Cl)cc1F. The van der Waals surface area contributed by atoms with Gasteiger partial charge in [0.1, 0.15) is 5.82 Å². The van der Waals surface area contributed by atoms with Crippen molar-refractivity contribution < 1.29 is 9.18 Å². The van der Waals surface area contributed by atoms with Gasteiger partial charge in [-0.05, 0) is 29.8 Å². The first-order chi connectivity index (χ1) is 10.1. The molecule has 1 amide bonds. The number of hydrogen-bond donors (Lipinski definition) is 1. The summed E-state index contributed by atoms with van der Waals surface area (Å²) in [6, 6.07) is 11.6. The van der Waals surface area contributed by atoms with Gasteiger partial charge in [0.2, 0.25) is 5.91 Å². The Morgan fingerprint density at radius 3 is 2.67 bits per heavy atom. The lowest BCUT2D eigenvalue weighted by Crippen LogP contribution is -2.15. The summed E-state index contributed by atoms with van der Waals surface area (Å²) in [6.45, 7) is 0. The maximum atomic E-state index is 13.5.